The second-order valence-electron chi connectivity index (χ2n) is 4.59. The van der Waals surface area contributed by atoms with Crippen molar-refractivity contribution in [2.24, 2.45) is 5.92 Å². The zero-order chi connectivity index (χ0) is 13.0. The number of nitrogens with one attached hydrogen (secondary N) is 2. The molecule has 2 N–H and O–H groups in total. The number of anilines is 1. The monoisotopic (exact) mass is 248 g/mol. The minimum absolute atomic E-state index is 0.0943. The summed E-state index contributed by atoms with van der Waals surface area (Å²) >= 11 is 0. The highest BCUT2D eigenvalue weighted by Crippen LogP contribution is 2.22. The molecule has 0 bridgehead atoms. The number of carbonyl (C=O) groups excluding carboxylic acids is 1. The van der Waals surface area contributed by atoms with Gasteiger partial charge in [0, 0.05) is 12.2 Å². The topological polar surface area (TPSA) is 50.4 Å². The molecular formula is C14H20N2O2. The lowest BCUT2D eigenvalue weighted by Crippen LogP contribution is -2.24. The average Bonchev–Trinajstić information content (AvgIpc) is 2.86. The molecule has 1 aromatic rings. The average molecular weight is 248 g/mol. The van der Waals surface area contributed by atoms with Crippen LogP contribution in [0.15, 0.2) is 18.2 Å². The van der Waals surface area contributed by atoms with Crippen molar-refractivity contribution in [2.45, 2.75) is 20.3 Å². The first-order chi connectivity index (χ1) is 8.70. The van der Waals surface area contributed by atoms with E-state index in [2.05, 4.69) is 10.6 Å². The Kier molecular flexibility index (Phi) is 4.20. The minimum atomic E-state index is 0.0943. The quantitative estimate of drug-likeness (QED) is 0.856. The molecule has 0 aliphatic carbocycles. The number of rotatable bonds is 4. The molecule has 1 atom stereocenters. The predicted molar refractivity (Wildman–Crippen MR) is 72.0 cm³/mol. The van der Waals surface area contributed by atoms with Crippen LogP contribution in [0.5, 0.6) is 5.75 Å². The number of benzene rings is 1. The van der Waals surface area contributed by atoms with Crippen molar-refractivity contribution < 1.29 is 9.53 Å². The van der Waals surface area contributed by atoms with Crippen molar-refractivity contribution in [3.63, 3.8) is 0 Å². The first kappa shape index (κ1) is 12.9. The largest absolute Gasteiger partial charge is 0.494 e. The maximum atomic E-state index is 12.0. The molecule has 4 heteroatoms. The number of carbonyl (C=O) groups is 1. The van der Waals surface area contributed by atoms with E-state index in [1.165, 1.54) is 0 Å². The van der Waals surface area contributed by atoms with Crippen LogP contribution in [-0.4, -0.2) is 25.6 Å². The second-order valence-corrected chi connectivity index (χ2v) is 4.59. The molecule has 1 heterocycles. The first-order valence-electron chi connectivity index (χ1n) is 6.45. The van der Waals surface area contributed by atoms with Crippen LogP contribution in [0.25, 0.3) is 0 Å². The first-order valence-corrected chi connectivity index (χ1v) is 6.45. The molecule has 2 rings (SSSR count). The van der Waals surface area contributed by atoms with E-state index >= 15 is 0 Å². The highest BCUT2D eigenvalue weighted by atomic mass is 16.5. The second kappa shape index (κ2) is 5.87. The van der Waals surface area contributed by atoms with Crippen molar-refractivity contribution in [1.82, 2.24) is 5.32 Å². The number of hydrogen-bond donors (Lipinski definition) is 2. The fraction of sp³-hybridized carbons (Fsp3) is 0.500. The molecule has 1 saturated heterocycles. The molecule has 1 fully saturated rings. The molecule has 1 aliphatic rings. The van der Waals surface area contributed by atoms with Gasteiger partial charge in [0.25, 0.3) is 0 Å². The van der Waals surface area contributed by atoms with Crippen LogP contribution in [0.4, 0.5) is 5.69 Å². The van der Waals surface area contributed by atoms with E-state index in [4.69, 9.17) is 4.74 Å². The third kappa shape index (κ3) is 3.01. The van der Waals surface area contributed by atoms with Gasteiger partial charge in [-0.05, 0) is 50.6 Å². The number of ether oxygens (including phenoxy) is 1. The predicted octanol–water partition coefficient (Wildman–Crippen LogP) is 1.94. The molecule has 4 nitrogen and oxygen atoms in total. The van der Waals surface area contributed by atoms with E-state index < -0.39 is 0 Å². The smallest absolute Gasteiger partial charge is 0.228 e. The summed E-state index contributed by atoms with van der Waals surface area (Å²) in [5, 5.41) is 6.15. The van der Waals surface area contributed by atoms with Crippen molar-refractivity contribution in [3.8, 4) is 5.75 Å². The lowest BCUT2D eigenvalue weighted by atomic mass is 10.1. The summed E-state index contributed by atoms with van der Waals surface area (Å²) in [5.74, 6) is 1.07. The van der Waals surface area contributed by atoms with E-state index in [0.29, 0.717) is 6.61 Å². The van der Waals surface area contributed by atoms with E-state index in [0.717, 1.165) is 36.5 Å². The van der Waals surface area contributed by atoms with Crippen LogP contribution in [-0.2, 0) is 4.79 Å². The van der Waals surface area contributed by atoms with Crippen LogP contribution in [0, 0.1) is 12.8 Å². The summed E-state index contributed by atoms with van der Waals surface area (Å²) in [5.41, 5.74) is 1.88. The molecule has 1 amide bonds. The number of aryl methyl sites for hydroxylation is 1. The minimum Gasteiger partial charge on any atom is -0.494 e. The van der Waals surface area contributed by atoms with Crippen LogP contribution >= 0.6 is 0 Å². The summed E-state index contributed by atoms with van der Waals surface area (Å²) in [6.07, 6.45) is 0.918. The van der Waals surface area contributed by atoms with Gasteiger partial charge in [0.2, 0.25) is 5.91 Å². The standard InChI is InChI=1S/C14H20N2O2/c1-3-18-13-5-4-12(8-10(13)2)16-14(17)11-6-7-15-9-11/h4-5,8,11,15H,3,6-7,9H2,1-2H3,(H,16,17). The molecule has 0 radical (unpaired) electrons. The molecule has 18 heavy (non-hydrogen) atoms. The van der Waals surface area contributed by atoms with Crippen LogP contribution in [0.2, 0.25) is 0 Å². The maximum Gasteiger partial charge on any atom is 0.228 e. The van der Waals surface area contributed by atoms with Gasteiger partial charge < -0.3 is 15.4 Å². The zero-order valence-corrected chi connectivity index (χ0v) is 11.0. The Morgan fingerprint density at radius 1 is 1.56 bits per heavy atom. The summed E-state index contributed by atoms with van der Waals surface area (Å²) in [4.78, 5) is 12.0. The Labute approximate surface area is 108 Å². The Hall–Kier alpha value is -1.55. The molecule has 0 aromatic heterocycles. The van der Waals surface area contributed by atoms with Gasteiger partial charge in [-0.2, -0.15) is 0 Å². The Bertz CT molecular complexity index is 426. The molecule has 1 aromatic carbocycles. The normalized spacial score (nSPS) is 18.7. The van der Waals surface area contributed by atoms with Crippen LogP contribution in [0.1, 0.15) is 18.9 Å². The molecule has 98 valence electrons. The number of hydrogen-bond acceptors (Lipinski definition) is 3. The third-order valence-electron chi connectivity index (χ3n) is 3.17. The third-order valence-corrected chi connectivity index (χ3v) is 3.17. The van der Waals surface area contributed by atoms with Crippen LogP contribution in [0.3, 0.4) is 0 Å². The van der Waals surface area contributed by atoms with Crippen molar-refractivity contribution in [1.29, 1.82) is 0 Å². The van der Waals surface area contributed by atoms with Crippen molar-refractivity contribution >= 4 is 11.6 Å². The summed E-state index contributed by atoms with van der Waals surface area (Å²) in [7, 11) is 0. The SMILES string of the molecule is CCOc1ccc(NC(=O)C2CCNC2)cc1C. The van der Waals surface area contributed by atoms with Gasteiger partial charge in [0.1, 0.15) is 5.75 Å². The van der Waals surface area contributed by atoms with Crippen LogP contribution < -0.4 is 15.4 Å². The summed E-state index contributed by atoms with van der Waals surface area (Å²) in [6, 6.07) is 5.74. The summed E-state index contributed by atoms with van der Waals surface area (Å²) in [6.45, 7) is 6.31. The lowest BCUT2D eigenvalue weighted by Gasteiger charge is -2.12. The highest BCUT2D eigenvalue weighted by molar-refractivity contribution is 5.93. The van der Waals surface area contributed by atoms with E-state index in [9.17, 15) is 4.79 Å². The molecule has 0 saturated carbocycles. The van der Waals surface area contributed by atoms with Gasteiger partial charge in [-0.25, -0.2) is 0 Å². The Morgan fingerprint density at radius 2 is 2.39 bits per heavy atom. The Balaban J connectivity index is 2.00. The van der Waals surface area contributed by atoms with Gasteiger partial charge >= 0.3 is 0 Å². The van der Waals surface area contributed by atoms with Gasteiger partial charge in [0.05, 0.1) is 12.5 Å². The molecular weight excluding hydrogens is 228 g/mol. The fourth-order valence-electron chi connectivity index (χ4n) is 2.17. The van der Waals surface area contributed by atoms with Gasteiger partial charge in [-0.3, -0.25) is 4.79 Å². The van der Waals surface area contributed by atoms with Gasteiger partial charge in [-0.1, -0.05) is 0 Å². The van der Waals surface area contributed by atoms with Crippen molar-refractivity contribution in [3.05, 3.63) is 23.8 Å². The number of amides is 1. The zero-order valence-electron chi connectivity index (χ0n) is 11.0. The van der Waals surface area contributed by atoms with E-state index in [-0.39, 0.29) is 11.8 Å². The van der Waals surface area contributed by atoms with E-state index in [1.807, 2.05) is 32.0 Å². The molecule has 1 aliphatic heterocycles. The van der Waals surface area contributed by atoms with Gasteiger partial charge in [0.15, 0.2) is 0 Å². The fourth-order valence-corrected chi connectivity index (χ4v) is 2.17. The van der Waals surface area contributed by atoms with E-state index in [1.54, 1.807) is 0 Å². The molecule has 1 unspecified atom stereocenters. The highest BCUT2D eigenvalue weighted by Gasteiger charge is 2.22. The lowest BCUT2D eigenvalue weighted by molar-refractivity contribution is -0.119. The Morgan fingerprint density at radius 3 is 3.00 bits per heavy atom. The summed E-state index contributed by atoms with van der Waals surface area (Å²) < 4.78 is 5.47. The van der Waals surface area contributed by atoms with Crippen molar-refractivity contribution in [2.75, 3.05) is 25.0 Å². The maximum absolute atomic E-state index is 12.0. The molecule has 0 spiro atoms. The van der Waals surface area contributed by atoms with Gasteiger partial charge in [-0.15, -0.1) is 0 Å².